The van der Waals surface area contributed by atoms with Gasteiger partial charge in [-0.05, 0) is 25.3 Å². The van der Waals surface area contributed by atoms with Gasteiger partial charge in [-0.3, -0.25) is 4.57 Å². The molecule has 0 radical (unpaired) electrons. The Morgan fingerprint density at radius 2 is 1.60 bits per heavy atom. The van der Waals surface area contributed by atoms with Crippen LogP contribution in [-0.2, 0) is 13.6 Å². The first kappa shape index (κ1) is 17.4. The number of hydrogen-bond donors (Lipinski definition) is 1. The Labute approximate surface area is 121 Å². The summed E-state index contributed by atoms with van der Waals surface area (Å²) in [5.74, 6) is -0.0468. The highest BCUT2D eigenvalue weighted by molar-refractivity contribution is 7.54. The molecule has 114 valence electrons. The summed E-state index contributed by atoms with van der Waals surface area (Å²) in [6.07, 6.45) is -0.790. The fourth-order valence-electron chi connectivity index (χ4n) is 2.14. The fourth-order valence-corrected chi connectivity index (χ4v) is 4.51. The molecule has 0 aliphatic rings. The molecule has 0 fully saturated rings. The van der Waals surface area contributed by atoms with Crippen molar-refractivity contribution in [3.05, 3.63) is 35.9 Å². The molecule has 0 saturated heterocycles. The van der Waals surface area contributed by atoms with E-state index in [0.717, 1.165) is 5.56 Å². The van der Waals surface area contributed by atoms with Crippen molar-refractivity contribution in [1.82, 2.24) is 0 Å². The summed E-state index contributed by atoms with van der Waals surface area (Å²) in [5, 5.41) is 10.5. The van der Waals surface area contributed by atoms with Gasteiger partial charge in [-0.25, -0.2) is 0 Å². The summed E-state index contributed by atoms with van der Waals surface area (Å²) in [6, 6.07) is 9.30. The zero-order valence-corrected chi connectivity index (χ0v) is 13.5. The maximum atomic E-state index is 13.1. The quantitative estimate of drug-likeness (QED) is 0.737. The number of benzene rings is 1. The highest BCUT2D eigenvalue weighted by atomic mass is 31.2. The Morgan fingerprint density at radius 3 is 2.00 bits per heavy atom. The zero-order chi connectivity index (χ0) is 15.2. The minimum absolute atomic E-state index is 0.0468. The summed E-state index contributed by atoms with van der Waals surface area (Å²) in [5.41, 5.74) is 0.113. The average molecular weight is 300 g/mol. The molecule has 5 heteroatoms. The van der Waals surface area contributed by atoms with Gasteiger partial charge in [0.1, 0.15) is 5.66 Å². The van der Waals surface area contributed by atoms with E-state index in [4.69, 9.17) is 9.05 Å². The molecule has 0 saturated carbocycles. The molecule has 2 atom stereocenters. The average Bonchev–Trinajstić information content (AvgIpc) is 2.40. The summed E-state index contributed by atoms with van der Waals surface area (Å²) in [7, 11) is -3.41. The number of rotatable bonds is 8. The van der Waals surface area contributed by atoms with Gasteiger partial charge < -0.3 is 14.2 Å². The maximum absolute atomic E-state index is 13.1. The van der Waals surface area contributed by atoms with E-state index in [9.17, 15) is 9.67 Å². The van der Waals surface area contributed by atoms with E-state index >= 15 is 0 Å². The fraction of sp³-hybridized carbons (Fsp3) is 0.600. The highest BCUT2D eigenvalue weighted by Crippen LogP contribution is 2.63. The normalized spacial score (nSPS) is 15.3. The lowest BCUT2D eigenvalue weighted by molar-refractivity contribution is 0.100. The third-order valence-electron chi connectivity index (χ3n) is 3.11. The van der Waals surface area contributed by atoms with Crippen LogP contribution >= 0.6 is 7.60 Å². The second-order valence-corrected chi connectivity index (χ2v) is 7.12. The third-order valence-corrected chi connectivity index (χ3v) is 5.63. The van der Waals surface area contributed by atoms with Crippen LogP contribution in [0.3, 0.4) is 0 Å². The first-order chi connectivity index (χ1) is 9.46. The van der Waals surface area contributed by atoms with Crippen molar-refractivity contribution in [3.8, 4) is 0 Å². The van der Waals surface area contributed by atoms with Gasteiger partial charge in [0, 0.05) is 0 Å². The van der Waals surface area contributed by atoms with Gasteiger partial charge in [-0.15, -0.1) is 0 Å². The molecule has 1 N–H and O–H groups in total. The molecular formula is C15H25O4P. The Hall–Kier alpha value is -0.670. The van der Waals surface area contributed by atoms with Crippen molar-refractivity contribution in [3.63, 3.8) is 0 Å². The molecule has 0 amide bonds. The smallest absolute Gasteiger partial charge is 0.340 e. The zero-order valence-electron chi connectivity index (χ0n) is 12.7. The lowest BCUT2D eigenvalue weighted by atomic mass is 9.99. The Balaban J connectivity index is 3.25. The lowest BCUT2D eigenvalue weighted by Gasteiger charge is -2.32. The van der Waals surface area contributed by atoms with Gasteiger partial charge in [0.2, 0.25) is 0 Å². The molecule has 0 aliphatic heterocycles. The molecule has 0 aromatic heterocycles. The van der Waals surface area contributed by atoms with Crippen LogP contribution in [0.25, 0.3) is 0 Å². The SMILES string of the molecule is CCOP(=O)(OCC)[C@@H](c1ccccc1)[C@@H](O)C(C)C. The molecule has 0 aliphatic carbocycles. The van der Waals surface area contributed by atoms with Crippen LogP contribution < -0.4 is 0 Å². The molecule has 0 heterocycles. The molecular weight excluding hydrogens is 275 g/mol. The van der Waals surface area contributed by atoms with Crippen LogP contribution in [0.5, 0.6) is 0 Å². The molecule has 0 bridgehead atoms. The van der Waals surface area contributed by atoms with E-state index < -0.39 is 19.4 Å². The van der Waals surface area contributed by atoms with Gasteiger partial charge in [-0.1, -0.05) is 44.2 Å². The minimum Gasteiger partial charge on any atom is -0.392 e. The van der Waals surface area contributed by atoms with Crippen LogP contribution in [0.4, 0.5) is 0 Å². The van der Waals surface area contributed by atoms with Crippen molar-refractivity contribution in [1.29, 1.82) is 0 Å². The van der Waals surface area contributed by atoms with Crippen LogP contribution in [0.2, 0.25) is 0 Å². The number of hydrogen-bond acceptors (Lipinski definition) is 4. The van der Waals surface area contributed by atoms with E-state index in [2.05, 4.69) is 0 Å². The van der Waals surface area contributed by atoms with Gasteiger partial charge in [0.05, 0.1) is 19.3 Å². The second-order valence-electron chi connectivity index (χ2n) is 4.97. The Kier molecular flexibility index (Phi) is 6.90. The molecule has 0 unspecified atom stereocenters. The Bertz CT molecular complexity index is 423. The summed E-state index contributed by atoms with van der Waals surface area (Å²) in [6.45, 7) is 7.90. The first-order valence-electron chi connectivity index (χ1n) is 7.08. The first-order valence-corrected chi connectivity index (χ1v) is 8.69. The van der Waals surface area contributed by atoms with Crippen molar-refractivity contribution >= 4 is 7.60 Å². The van der Waals surface area contributed by atoms with Crippen molar-refractivity contribution in [2.45, 2.75) is 39.5 Å². The van der Waals surface area contributed by atoms with E-state index in [-0.39, 0.29) is 19.1 Å². The molecule has 1 aromatic carbocycles. The topological polar surface area (TPSA) is 55.8 Å². The van der Waals surface area contributed by atoms with Gasteiger partial charge >= 0.3 is 7.60 Å². The molecule has 20 heavy (non-hydrogen) atoms. The monoisotopic (exact) mass is 300 g/mol. The molecule has 0 spiro atoms. The molecule has 1 aromatic rings. The van der Waals surface area contributed by atoms with Gasteiger partial charge in [0.25, 0.3) is 0 Å². The van der Waals surface area contributed by atoms with Crippen molar-refractivity contribution in [2.24, 2.45) is 5.92 Å². The van der Waals surface area contributed by atoms with E-state index in [1.54, 1.807) is 13.8 Å². The standard InChI is InChI=1S/C15H25O4P/c1-5-18-20(17,19-6-2)15(14(16)12(3)4)13-10-8-7-9-11-13/h7-12,14-16H,5-6H2,1-4H3/t14-,15-/m0/s1. The summed E-state index contributed by atoms with van der Waals surface area (Å²) in [4.78, 5) is 0. The number of aliphatic hydroxyl groups excluding tert-OH is 1. The second kappa shape index (κ2) is 7.94. The van der Waals surface area contributed by atoms with Crippen molar-refractivity contribution in [2.75, 3.05) is 13.2 Å². The van der Waals surface area contributed by atoms with Crippen LogP contribution in [0.1, 0.15) is 38.9 Å². The summed E-state index contributed by atoms with van der Waals surface area (Å²) < 4.78 is 23.9. The van der Waals surface area contributed by atoms with E-state index in [1.807, 2.05) is 44.2 Å². The lowest BCUT2D eigenvalue weighted by Crippen LogP contribution is -2.26. The highest BCUT2D eigenvalue weighted by Gasteiger charge is 2.42. The minimum atomic E-state index is -3.41. The maximum Gasteiger partial charge on any atom is 0.340 e. The van der Waals surface area contributed by atoms with Crippen molar-refractivity contribution < 1.29 is 18.7 Å². The Morgan fingerprint density at radius 1 is 1.10 bits per heavy atom. The van der Waals surface area contributed by atoms with Crippen LogP contribution in [0, 0.1) is 5.92 Å². The molecule has 1 rings (SSSR count). The predicted molar refractivity (Wildman–Crippen MR) is 80.9 cm³/mol. The largest absolute Gasteiger partial charge is 0.392 e. The van der Waals surface area contributed by atoms with E-state index in [0.29, 0.717) is 0 Å². The number of aliphatic hydroxyl groups is 1. The van der Waals surface area contributed by atoms with Gasteiger partial charge in [0.15, 0.2) is 0 Å². The predicted octanol–water partition coefficient (Wildman–Crippen LogP) is 4.01. The third kappa shape index (κ3) is 4.16. The summed E-state index contributed by atoms with van der Waals surface area (Å²) >= 11 is 0. The van der Waals surface area contributed by atoms with Crippen LogP contribution in [-0.4, -0.2) is 24.4 Å². The molecule has 4 nitrogen and oxygen atoms in total. The van der Waals surface area contributed by atoms with Gasteiger partial charge in [-0.2, -0.15) is 0 Å². The van der Waals surface area contributed by atoms with Crippen LogP contribution in [0.15, 0.2) is 30.3 Å². The van der Waals surface area contributed by atoms with E-state index in [1.165, 1.54) is 0 Å².